The number of halogens is 2. The van der Waals surface area contributed by atoms with Crippen LogP contribution in [0.4, 0.5) is 4.39 Å². The fourth-order valence-corrected chi connectivity index (χ4v) is 2.74. The van der Waals surface area contributed by atoms with Crippen molar-refractivity contribution in [3.63, 3.8) is 0 Å². The summed E-state index contributed by atoms with van der Waals surface area (Å²) in [5, 5.41) is 4.53. The largest absolute Gasteiger partial charge is 0.298 e. The van der Waals surface area contributed by atoms with Crippen molar-refractivity contribution in [2.24, 2.45) is 5.92 Å². The predicted octanol–water partition coefficient (Wildman–Crippen LogP) is 4.24. The molecule has 1 fully saturated rings. The molecule has 20 heavy (non-hydrogen) atoms. The zero-order valence-electron chi connectivity index (χ0n) is 11.0. The van der Waals surface area contributed by atoms with Gasteiger partial charge in [-0.1, -0.05) is 0 Å². The summed E-state index contributed by atoms with van der Waals surface area (Å²) in [4.78, 5) is 11.2. The summed E-state index contributed by atoms with van der Waals surface area (Å²) in [6, 6.07) is 4.96. The maximum Gasteiger partial charge on any atom is 0.153 e. The van der Waals surface area contributed by atoms with E-state index in [2.05, 4.69) is 28.0 Å². The van der Waals surface area contributed by atoms with Crippen LogP contribution in [0.3, 0.4) is 0 Å². The van der Waals surface area contributed by atoms with Crippen LogP contribution in [0.5, 0.6) is 0 Å². The molecule has 1 aliphatic rings. The second-order valence-electron chi connectivity index (χ2n) is 5.24. The van der Waals surface area contributed by atoms with Gasteiger partial charge in [0.1, 0.15) is 11.5 Å². The van der Waals surface area contributed by atoms with E-state index in [-0.39, 0.29) is 5.82 Å². The Morgan fingerprint density at radius 1 is 1.50 bits per heavy atom. The maximum absolute atomic E-state index is 13.3. The summed E-state index contributed by atoms with van der Waals surface area (Å²) < 4.78 is 15.5. The van der Waals surface area contributed by atoms with Gasteiger partial charge in [-0.2, -0.15) is 5.10 Å². The first-order valence-electron chi connectivity index (χ1n) is 6.60. The lowest BCUT2D eigenvalue weighted by Crippen LogP contribution is -2.07. The van der Waals surface area contributed by atoms with E-state index in [1.54, 1.807) is 18.3 Å². The molecule has 0 radical (unpaired) electrons. The normalized spacial score (nSPS) is 16.1. The topological polar surface area (TPSA) is 34.9 Å². The van der Waals surface area contributed by atoms with Crippen molar-refractivity contribution in [2.45, 2.75) is 25.8 Å². The van der Waals surface area contributed by atoms with Gasteiger partial charge in [0.2, 0.25) is 0 Å². The Labute approximate surface area is 124 Å². The van der Waals surface area contributed by atoms with Gasteiger partial charge in [0, 0.05) is 11.8 Å². The van der Waals surface area contributed by atoms with Gasteiger partial charge in [0.05, 0.1) is 16.1 Å². The Morgan fingerprint density at radius 2 is 2.25 bits per heavy atom. The molecule has 0 bridgehead atoms. The first-order chi connectivity index (χ1) is 9.60. The number of nitrogens with zero attached hydrogens (tertiary/aromatic N) is 2. The third-order valence-electron chi connectivity index (χ3n) is 3.80. The molecule has 3 nitrogen and oxygen atoms in total. The van der Waals surface area contributed by atoms with Crippen molar-refractivity contribution in [1.82, 2.24) is 9.78 Å². The van der Waals surface area contributed by atoms with Gasteiger partial charge >= 0.3 is 0 Å². The zero-order chi connectivity index (χ0) is 14.3. The Bertz CT molecular complexity index is 664. The van der Waals surface area contributed by atoms with E-state index in [4.69, 9.17) is 0 Å². The molecule has 1 saturated carbocycles. The van der Waals surface area contributed by atoms with Crippen molar-refractivity contribution in [3.05, 3.63) is 40.2 Å². The lowest BCUT2D eigenvalue weighted by atomic mass is 10.1. The third kappa shape index (κ3) is 2.42. The molecule has 1 atom stereocenters. The second-order valence-corrected chi connectivity index (χ2v) is 6.09. The predicted molar refractivity (Wildman–Crippen MR) is 78.1 cm³/mol. The van der Waals surface area contributed by atoms with Crippen LogP contribution in [0.15, 0.2) is 28.9 Å². The highest BCUT2D eigenvalue weighted by atomic mass is 79.9. The molecular formula is C15H14BrFN2O. The average molecular weight is 337 g/mol. The minimum absolute atomic E-state index is 0.298. The third-order valence-corrected chi connectivity index (χ3v) is 4.41. The van der Waals surface area contributed by atoms with Gasteiger partial charge in [0.25, 0.3) is 0 Å². The van der Waals surface area contributed by atoms with Crippen molar-refractivity contribution < 1.29 is 9.18 Å². The summed E-state index contributed by atoms with van der Waals surface area (Å²) in [6.45, 7) is 2.11. The van der Waals surface area contributed by atoms with E-state index >= 15 is 0 Å². The standard InChI is InChI=1S/C15H14BrFN2O/c1-9(10-2-3-10)19-7-12(8-20)15(18-19)11-4-5-14(17)13(16)6-11/h4-10H,2-3H2,1H3. The fourth-order valence-electron chi connectivity index (χ4n) is 2.36. The summed E-state index contributed by atoms with van der Waals surface area (Å²) in [5.41, 5.74) is 1.88. The molecule has 0 N–H and O–H groups in total. The molecule has 1 aromatic heterocycles. The summed E-state index contributed by atoms with van der Waals surface area (Å²) in [5.74, 6) is 0.328. The lowest BCUT2D eigenvalue weighted by molar-refractivity contribution is 0.112. The van der Waals surface area contributed by atoms with E-state index in [0.29, 0.717) is 27.7 Å². The van der Waals surface area contributed by atoms with Crippen LogP contribution in [-0.4, -0.2) is 16.1 Å². The molecule has 5 heteroatoms. The summed E-state index contributed by atoms with van der Waals surface area (Å²) in [6.07, 6.45) is 5.02. The minimum Gasteiger partial charge on any atom is -0.298 e. The summed E-state index contributed by atoms with van der Waals surface area (Å²) in [7, 11) is 0. The van der Waals surface area contributed by atoms with Gasteiger partial charge in [0.15, 0.2) is 6.29 Å². The Balaban J connectivity index is 2.02. The SMILES string of the molecule is CC(C1CC1)n1cc(C=O)c(-c2ccc(F)c(Br)c2)n1. The molecular weight excluding hydrogens is 323 g/mol. The number of aldehydes is 1. The quantitative estimate of drug-likeness (QED) is 0.783. The zero-order valence-corrected chi connectivity index (χ0v) is 12.6. The molecule has 2 aromatic rings. The number of aromatic nitrogens is 2. The van der Waals surface area contributed by atoms with Gasteiger partial charge in [-0.3, -0.25) is 9.48 Å². The minimum atomic E-state index is -0.327. The highest BCUT2D eigenvalue weighted by molar-refractivity contribution is 9.10. The number of benzene rings is 1. The molecule has 1 aliphatic carbocycles. The Hall–Kier alpha value is -1.49. The molecule has 0 amide bonds. The van der Waals surface area contributed by atoms with Gasteiger partial charge in [-0.05, 0) is 59.8 Å². The number of carbonyl (C=O) groups is 1. The monoisotopic (exact) mass is 336 g/mol. The van der Waals surface area contributed by atoms with Crippen LogP contribution in [0.25, 0.3) is 11.3 Å². The lowest BCUT2D eigenvalue weighted by Gasteiger charge is -2.09. The summed E-state index contributed by atoms with van der Waals surface area (Å²) >= 11 is 3.16. The first kappa shape index (κ1) is 13.5. The highest BCUT2D eigenvalue weighted by Crippen LogP contribution is 2.39. The number of carbonyl (C=O) groups excluding carboxylic acids is 1. The smallest absolute Gasteiger partial charge is 0.153 e. The molecule has 3 rings (SSSR count). The Kier molecular flexibility index (Phi) is 3.46. The fraction of sp³-hybridized carbons (Fsp3) is 0.333. The van der Waals surface area contributed by atoms with Crippen molar-refractivity contribution >= 4 is 22.2 Å². The molecule has 0 spiro atoms. The number of hydrogen-bond donors (Lipinski definition) is 0. The van der Waals surface area contributed by atoms with E-state index in [9.17, 15) is 9.18 Å². The van der Waals surface area contributed by atoms with Crippen LogP contribution in [0.1, 0.15) is 36.2 Å². The first-order valence-corrected chi connectivity index (χ1v) is 7.39. The van der Waals surface area contributed by atoms with Crippen LogP contribution in [0, 0.1) is 11.7 Å². The van der Waals surface area contributed by atoms with Gasteiger partial charge in [-0.25, -0.2) is 4.39 Å². The highest BCUT2D eigenvalue weighted by Gasteiger charge is 2.30. The van der Waals surface area contributed by atoms with Crippen molar-refractivity contribution in [2.75, 3.05) is 0 Å². The second kappa shape index (κ2) is 5.13. The van der Waals surface area contributed by atoms with E-state index in [1.165, 1.54) is 18.9 Å². The average Bonchev–Trinajstić information content (AvgIpc) is 3.20. The van der Waals surface area contributed by atoms with Crippen LogP contribution in [0.2, 0.25) is 0 Å². The molecule has 104 valence electrons. The molecule has 1 unspecified atom stereocenters. The molecule has 0 saturated heterocycles. The molecule has 1 heterocycles. The van der Waals surface area contributed by atoms with Crippen molar-refractivity contribution in [1.29, 1.82) is 0 Å². The van der Waals surface area contributed by atoms with E-state index in [1.807, 2.05) is 4.68 Å². The van der Waals surface area contributed by atoms with E-state index in [0.717, 1.165) is 11.8 Å². The number of hydrogen-bond acceptors (Lipinski definition) is 2. The van der Waals surface area contributed by atoms with Crippen LogP contribution < -0.4 is 0 Å². The van der Waals surface area contributed by atoms with Crippen LogP contribution in [-0.2, 0) is 0 Å². The van der Waals surface area contributed by atoms with Gasteiger partial charge < -0.3 is 0 Å². The maximum atomic E-state index is 13.3. The van der Waals surface area contributed by atoms with Crippen molar-refractivity contribution in [3.8, 4) is 11.3 Å². The van der Waals surface area contributed by atoms with Gasteiger partial charge in [-0.15, -0.1) is 0 Å². The molecule has 1 aromatic carbocycles. The Morgan fingerprint density at radius 3 is 2.85 bits per heavy atom. The molecule has 0 aliphatic heterocycles. The van der Waals surface area contributed by atoms with E-state index < -0.39 is 0 Å². The number of rotatable bonds is 4. The van der Waals surface area contributed by atoms with Crippen LogP contribution >= 0.6 is 15.9 Å².